The van der Waals surface area contributed by atoms with Crippen molar-refractivity contribution in [1.29, 1.82) is 0 Å². The van der Waals surface area contributed by atoms with Crippen LogP contribution >= 0.6 is 0 Å². The van der Waals surface area contributed by atoms with Crippen LogP contribution in [0.1, 0.15) is 39.9 Å². The Hall–Kier alpha value is -1.06. The van der Waals surface area contributed by atoms with Gasteiger partial charge in [0.05, 0.1) is 0 Å². The summed E-state index contributed by atoms with van der Waals surface area (Å²) < 4.78 is 5.04. The highest BCUT2D eigenvalue weighted by atomic mass is 16.5. The topological polar surface area (TPSA) is 51.0 Å². The Kier molecular flexibility index (Phi) is 3.49. The molecule has 0 atom stereocenters. The molecule has 1 aromatic heterocycles. The highest BCUT2D eigenvalue weighted by Gasteiger charge is 2.15. The fraction of sp³-hybridized carbons (Fsp3) is 0.800. The summed E-state index contributed by atoms with van der Waals surface area (Å²) in [6, 6.07) is 0.533. The second kappa shape index (κ2) is 4.44. The molecule has 0 bridgehead atoms. The van der Waals surface area contributed by atoms with E-state index in [1.807, 2.05) is 0 Å². The van der Waals surface area contributed by atoms with Gasteiger partial charge in [-0.05, 0) is 11.8 Å². The molecule has 0 amide bonds. The van der Waals surface area contributed by atoms with Crippen LogP contribution in [0.2, 0.25) is 0 Å². The van der Waals surface area contributed by atoms with E-state index in [1.54, 1.807) is 0 Å². The molecule has 0 aliphatic carbocycles. The Morgan fingerprint density at radius 3 is 2.64 bits per heavy atom. The van der Waals surface area contributed by atoms with Gasteiger partial charge in [0.1, 0.15) is 0 Å². The van der Waals surface area contributed by atoms with Gasteiger partial charge in [-0.15, -0.1) is 0 Å². The maximum absolute atomic E-state index is 5.04. The molecular weight excluding hydrogens is 178 g/mol. The van der Waals surface area contributed by atoms with Gasteiger partial charge in [-0.1, -0.05) is 32.9 Å². The molecule has 0 spiro atoms. The largest absolute Gasteiger partial charge is 0.338 e. The maximum Gasteiger partial charge on any atom is 0.321 e. The van der Waals surface area contributed by atoms with Crippen LogP contribution in [-0.2, 0) is 6.42 Å². The van der Waals surface area contributed by atoms with E-state index in [0.29, 0.717) is 6.01 Å². The van der Waals surface area contributed by atoms with E-state index < -0.39 is 0 Å². The molecule has 0 aromatic carbocycles. The summed E-state index contributed by atoms with van der Waals surface area (Å²) in [5, 5.41) is 6.97. The van der Waals surface area contributed by atoms with Gasteiger partial charge in [-0.3, -0.25) is 0 Å². The van der Waals surface area contributed by atoms with Crippen LogP contribution in [0, 0.1) is 5.41 Å². The first-order valence-corrected chi connectivity index (χ1v) is 5.08. The number of nitrogens with one attached hydrogen (secondary N) is 1. The lowest BCUT2D eigenvalue weighted by molar-refractivity contribution is 0.375. The monoisotopic (exact) mass is 197 g/mol. The van der Waals surface area contributed by atoms with Crippen molar-refractivity contribution in [3.8, 4) is 0 Å². The minimum Gasteiger partial charge on any atom is -0.338 e. The van der Waals surface area contributed by atoms with Gasteiger partial charge in [0, 0.05) is 13.0 Å². The van der Waals surface area contributed by atoms with Crippen molar-refractivity contribution >= 4 is 6.01 Å². The summed E-state index contributed by atoms with van der Waals surface area (Å²) in [6.45, 7) is 9.43. The van der Waals surface area contributed by atoms with Crippen LogP contribution in [0.4, 0.5) is 6.01 Å². The van der Waals surface area contributed by atoms with Gasteiger partial charge >= 0.3 is 6.01 Å². The van der Waals surface area contributed by atoms with E-state index in [9.17, 15) is 0 Å². The zero-order chi connectivity index (χ0) is 10.6. The molecule has 80 valence electrons. The first-order chi connectivity index (χ1) is 6.51. The zero-order valence-corrected chi connectivity index (χ0v) is 9.42. The highest BCUT2D eigenvalue weighted by molar-refractivity contribution is 5.17. The van der Waals surface area contributed by atoms with Crippen molar-refractivity contribution in [2.45, 2.75) is 40.5 Å². The van der Waals surface area contributed by atoms with Crippen LogP contribution in [0.5, 0.6) is 0 Å². The van der Waals surface area contributed by atoms with E-state index >= 15 is 0 Å². The summed E-state index contributed by atoms with van der Waals surface area (Å²) in [5.41, 5.74) is 0.200. The zero-order valence-electron chi connectivity index (χ0n) is 9.42. The van der Waals surface area contributed by atoms with Crippen molar-refractivity contribution in [2.24, 2.45) is 5.41 Å². The molecule has 1 heterocycles. The minimum absolute atomic E-state index is 0.200. The average molecular weight is 197 g/mol. The molecule has 0 saturated carbocycles. The SMILES string of the molecule is CCCNc1nc(CC(C)(C)C)no1. The van der Waals surface area contributed by atoms with Gasteiger partial charge in [0.15, 0.2) is 5.82 Å². The molecule has 1 aromatic rings. The third-order valence-electron chi connectivity index (χ3n) is 1.68. The number of aromatic nitrogens is 2. The number of nitrogens with zero attached hydrogens (tertiary/aromatic N) is 2. The van der Waals surface area contributed by atoms with Crippen LogP contribution in [0.25, 0.3) is 0 Å². The standard InChI is InChI=1S/C10H19N3O/c1-5-6-11-9-12-8(13-14-9)7-10(2,3)4/h5-7H2,1-4H3,(H,11,12,13). The fourth-order valence-corrected chi connectivity index (χ4v) is 1.10. The van der Waals surface area contributed by atoms with Crippen LogP contribution in [0.15, 0.2) is 4.52 Å². The first kappa shape index (κ1) is 11.0. The predicted molar refractivity (Wildman–Crippen MR) is 56.2 cm³/mol. The van der Waals surface area contributed by atoms with Gasteiger partial charge in [0.2, 0.25) is 0 Å². The number of rotatable bonds is 4. The number of anilines is 1. The van der Waals surface area contributed by atoms with E-state index in [1.165, 1.54) is 0 Å². The van der Waals surface area contributed by atoms with E-state index in [2.05, 4.69) is 43.2 Å². The number of hydrogen-bond acceptors (Lipinski definition) is 4. The van der Waals surface area contributed by atoms with Crippen molar-refractivity contribution in [1.82, 2.24) is 10.1 Å². The summed E-state index contributed by atoms with van der Waals surface area (Å²) in [7, 11) is 0. The molecule has 0 aliphatic rings. The highest BCUT2D eigenvalue weighted by Crippen LogP contribution is 2.19. The second-order valence-electron chi connectivity index (χ2n) is 4.68. The third-order valence-corrected chi connectivity index (χ3v) is 1.68. The number of hydrogen-bond donors (Lipinski definition) is 1. The Bertz CT molecular complexity index is 275. The lowest BCUT2D eigenvalue weighted by atomic mass is 9.92. The molecule has 0 saturated heterocycles. The van der Waals surface area contributed by atoms with E-state index in [4.69, 9.17) is 4.52 Å². The summed E-state index contributed by atoms with van der Waals surface area (Å²) in [4.78, 5) is 4.24. The van der Waals surface area contributed by atoms with Crippen molar-refractivity contribution in [3.05, 3.63) is 5.82 Å². The molecule has 14 heavy (non-hydrogen) atoms. The molecule has 0 aliphatic heterocycles. The van der Waals surface area contributed by atoms with E-state index in [-0.39, 0.29) is 5.41 Å². The second-order valence-corrected chi connectivity index (χ2v) is 4.68. The Balaban J connectivity index is 2.51. The van der Waals surface area contributed by atoms with Crippen LogP contribution in [-0.4, -0.2) is 16.7 Å². The van der Waals surface area contributed by atoms with Crippen LogP contribution in [0.3, 0.4) is 0 Å². The fourth-order valence-electron chi connectivity index (χ4n) is 1.10. The lowest BCUT2D eigenvalue weighted by Crippen LogP contribution is -2.10. The summed E-state index contributed by atoms with van der Waals surface area (Å²) >= 11 is 0. The quantitative estimate of drug-likeness (QED) is 0.805. The van der Waals surface area contributed by atoms with Gasteiger partial charge in [0.25, 0.3) is 0 Å². The lowest BCUT2D eigenvalue weighted by Gasteiger charge is -2.14. The van der Waals surface area contributed by atoms with Crippen molar-refractivity contribution < 1.29 is 4.52 Å². The summed E-state index contributed by atoms with van der Waals surface area (Å²) in [6.07, 6.45) is 1.89. The van der Waals surface area contributed by atoms with Crippen molar-refractivity contribution in [2.75, 3.05) is 11.9 Å². The van der Waals surface area contributed by atoms with E-state index in [0.717, 1.165) is 25.2 Å². The Morgan fingerprint density at radius 1 is 1.36 bits per heavy atom. The third kappa shape index (κ3) is 3.77. The van der Waals surface area contributed by atoms with Gasteiger partial charge in [-0.2, -0.15) is 4.98 Å². The predicted octanol–water partition coefficient (Wildman–Crippen LogP) is 2.48. The Morgan fingerprint density at radius 2 is 2.07 bits per heavy atom. The van der Waals surface area contributed by atoms with Crippen LogP contribution < -0.4 is 5.32 Å². The smallest absolute Gasteiger partial charge is 0.321 e. The molecular formula is C10H19N3O. The summed E-state index contributed by atoms with van der Waals surface area (Å²) in [5.74, 6) is 0.774. The molecule has 4 heteroatoms. The van der Waals surface area contributed by atoms with Gasteiger partial charge in [-0.25, -0.2) is 0 Å². The molecule has 0 unspecified atom stereocenters. The molecule has 1 rings (SSSR count). The Labute approximate surface area is 85.1 Å². The van der Waals surface area contributed by atoms with Gasteiger partial charge < -0.3 is 9.84 Å². The maximum atomic E-state index is 5.04. The molecule has 0 fully saturated rings. The van der Waals surface area contributed by atoms with Crippen molar-refractivity contribution in [3.63, 3.8) is 0 Å². The first-order valence-electron chi connectivity index (χ1n) is 5.08. The minimum atomic E-state index is 0.200. The normalized spacial score (nSPS) is 11.7. The molecule has 4 nitrogen and oxygen atoms in total. The molecule has 0 radical (unpaired) electrons. The molecule has 1 N–H and O–H groups in total. The average Bonchev–Trinajstić information content (AvgIpc) is 2.46.